The van der Waals surface area contributed by atoms with E-state index in [0.29, 0.717) is 30.3 Å². The molecule has 2 aromatic rings. The number of carbonyl (C=O) groups excluding carboxylic acids is 1. The van der Waals surface area contributed by atoms with Gasteiger partial charge in [0.2, 0.25) is 10.0 Å². The van der Waals surface area contributed by atoms with Crippen LogP contribution in [-0.2, 0) is 26.2 Å². The van der Waals surface area contributed by atoms with Crippen molar-refractivity contribution in [3.63, 3.8) is 0 Å². The van der Waals surface area contributed by atoms with Crippen LogP contribution in [0.3, 0.4) is 0 Å². The fourth-order valence-electron chi connectivity index (χ4n) is 2.78. The second-order valence-electron chi connectivity index (χ2n) is 6.45. The van der Waals surface area contributed by atoms with Crippen LogP contribution < -0.4 is 18.9 Å². The SMILES string of the molecule is O=C(CCCNS(=O)(=O)c1ccc2c(c1)OCCO2)OCc1ccccc1OC(F)F. The number of sulfonamides is 1. The molecule has 2 aromatic carbocycles. The molecule has 11 heteroatoms. The zero-order valence-electron chi connectivity index (χ0n) is 16.4. The molecular formula is C20H21F2NO7S. The van der Waals surface area contributed by atoms with Crippen molar-refractivity contribution in [1.82, 2.24) is 4.72 Å². The molecule has 31 heavy (non-hydrogen) atoms. The van der Waals surface area contributed by atoms with Crippen molar-refractivity contribution < 1.29 is 40.9 Å². The predicted octanol–water partition coefficient (Wildman–Crippen LogP) is 2.86. The Balaban J connectivity index is 1.44. The molecule has 0 spiro atoms. The highest BCUT2D eigenvalue weighted by Crippen LogP contribution is 2.32. The Morgan fingerprint density at radius 2 is 1.84 bits per heavy atom. The van der Waals surface area contributed by atoms with Crippen LogP contribution in [0.1, 0.15) is 18.4 Å². The molecule has 1 aliphatic heterocycles. The summed E-state index contributed by atoms with van der Waals surface area (Å²) >= 11 is 0. The van der Waals surface area contributed by atoms with Gasteiger partial charge in [0.1, 0.15) is 25.6 Å². The highest BCUT2D eigenvalue weighted by Gasteiger charge is 2.19. The number of nitrogens with one attached hydrogen (secondary N) is 1. The molecule has 0 radical (unpaired) electrons. The fraction of sp³-hybridized carbons (Fsp3) is 0.350. The first kappa shape index (κ1) is 22.8. The van der Waals surface area contributed by atoms with E-state index >= 15 is 0 Å². The Kier molecular flexibility index (Phi) is 7.64. The van der Waals surface area contributed by atoms with Crippen LogP contribution in [0.25, 0.3) is 0 Å². The predicted molar refractivity (Wildman–Crippen MR) is 105 cm³/mol. The molecule has 0 unspecified atom stereocenters. The number of para-hydroxylation sites is 1. The number of benzene rings is 2. The Hall–Kier alpha value is -2.92. The van der Waals surface area contributed by atoms with Gasteiger partial charge in [0.05, 0.1) is 4.90 Å². The zero-order valence-corrected chi connectivity index (χ0v) is 17.2. The molecule has 0 aliphatic carbocycles. The van der Waals surface area contributed by atoms with Crippen molar-refractivity contribution >= 4 is 16.0 Å². The van der Waals surface area contributed by atoms with Crippen molar-refractivity contribution in [2.24, 2.45) is 0 Å². The average molecular weight is 457 g/mol. The Morgan fingerprint density at radius 3 is 2.61 bits per heavy atom. The fourth-order valence-corrected chi connectivity index (χ4v) is 3.87. The van der Waals surface area contributed by atoms with Gasteiger partial charge in [0, 0.05) is 24.6 Å². The molecule has 168 valence electrons. The van der Waals surface area contributed by atoms with Crippen molar-refractivity contribution in [2.75, 3.05) is 19.8 Å². The maximum atomic E-state index is 12.4. The number of ether oxygens (including phenoxy) is 4. The molecule has 1 aliphatic rings. The zero-order chi connectivity index (χ0) is 22.3. The van der Waals surface area contributed by atoms with E-state index in [1.54, 1.807) is 6.07 Å². The lowest BCUT2D eigenvalue weighted by molar-refractivity contribution is -0.145. The molecular weight excluding hydrogens is 436 g/mol. The molecule has 0 amide bonds. The molecule has 3 rings (SSSR count). The summed E-state index contributed by atoms with van der Waals surface area (Å²) in [4.78, 5) is 11.9. The largest absolute Gasteiger partial charge is 0.486 e. The van der Waals surface area contributed by atoms with Crippen LogP contribution in [0.15, 0.2) is 47.4 Å². The topological polar surface area (TPSA) is 100 Å². The number of rotatable bonds is 10. The van der Waals surface area contributed by atoms with Crippen LogP contribution in [0.5, 0.6) is 17.2 Å². The average Bonchev–Trinajstić information content (AvgIpc) is 2.75. The van der Waals surface area contributed by atoms with E-state index in [-0.39, 0.29) is 36.6 Å². The molecule has 0 fully saturated rings. The molecule has 1 heterocycles. The second kappa shape index (κ2) is 10.4. The molecule has 8 nitrogen and oxygen atoms in total. The maximum Gasteiger partial charge on any atom is 0.387 e. The Morgan fingerprint density at radius 1 is 1.10 bits per heavy atom. The smallest absolute Gasteiger partial charge is 0.387 e. The second-order valence-corrected chi connectivity index (χ2v) is 8.22. The van der Waals surface area contributed by atoms with Crippen molar-refractivity contribution in [1.29, 1.82) is 0 Å². The van der Waals surface area contributed by atoms with E-state index in [1.807, 2.05) is 0 Å². The Labute approximate surface area is 178 Å². The van der Waals surface area contributed by atoms with E-state index in [9.17, 15) is 22.0 Å². The highest BCUT2D eigenvalue weighted by molar-refractivity contribution is 7.89. The number of hydrogen-bond donors (Lipinski definition) is 1. The third kappa shape index (κ3) is 6.53. The lowest BCUT2D eigenvalue weighted by Crippen LogP contribution is -2.25. The standard InChI is InChI=1S/C20H21F2NO7S/c21-20(22)30-16-5-2-1-4-14(16)13-29-19(24)6-3-9-23-31(25,26)15-7-8-17-18(12-15)28-11-10-27-17/h1-2,4-5,7-8,12,20,23H,3,6,9-11,13H2. The molecule has 0 bridgehead atoms. The quantitative estimate of drug-likeness (QED) is 0.433. The number of carbonyl (C=O) groups is 1. The molecule has 0 aromatic heterocycles. The summed E-state index contributed by atoms with van der Waals surface area (Å²) in [6.45, 7) is -2.47. The summed E-state index contributed by atoms with van der Waals surface area (Å²) in [5, 5.41) is 0. The van der Waals surface area contributed by atoms with Crippen LogP contribution in [0.4, 0.5) is 8.78 Å². The van der Waals surface area contributed by atoms with Gasteiger partial charge in [-0.2, -0.15) is 8.78 Å². The first-order chi connectivity index (χ1) is 14.8. The van der Waals surface area contributed by atoms with Crippen LogP contribution >= 0.6 is 0 Å². The Bertz CT molecular complexity index is 1010. The van der Waals surface area contributed by atoms with E-state index < -0.39 is 22.6 Å². The van der Waals surface area contributed by atoms with Crippen LogP contribution in [-0.4, -0.2) is 40.8 Å². The number of halogens is 2. The minimum atomic E-state index is -3.79. The third-order valence-electron chi connectivity index (χ3n) is 4.25. The summed E-state index contributed by atoms with van der Waals surface area (Å²) in [5.74, 6) is 0.171. The van der Waals surface area contributed by atoms with Gasteiger partial charge in [-0.25, -0.2) is 13.1 Å². The van der Waals surface area contributed by atoms with Gasteiger partial charge in [-0.05, 0) is 24.6 Å². The van der Waals surface area contributed by atoms with Crippen molar-refractivity contribution in [3.05, 3.63) is 48.0 Å². The number of fused-ring (bicyclic) bond motifs is 1. The number of esters is 1. The van der Waals surface area contributed by atoms with Gasteiger partial charge in [-0.1, -0.05) is 18.2 Å². The van der Waals surface area contributed by atoms with Gasteiger partial charge in [0.25, 0.3) is 0 Å². The van der Waals surface area contributed by atoms with Crippen molar-refractivity contribution in [3.8, 4) is 17.2 Å². The maximum absolute atomic E-state index is 12.4. The summed E-state index contributed by atoms with van der Waals surface area (Å²) in [5.41, 5.74) is 0.301. The normalized spacial score (nSPS) is 13.1. The molecule has 0 saturated carbocycles. The van der Waals surface area contributed by atoms with E-state index in [2.05, 4.69) is 9.46 Å². The van der Waals surface area contributed by atoms with Crippen molar-refractivity contribution in [2.45, 2.75) is 31.0 Å². The number of hydrogen-bond acceptors (Lipinski definition) is 7. The van der Waals surface area contributed by atoms with Crippen LogP contribution in [0, 0.1) is 0 Å². The minimum absolute atomic E-state index is 0.0109. The first-order valence-corrected chi connectivity index (χ1v) is 10.9. The highest BCUT2D eigenvalue weighted by atomic mass is 32.2. The number of alkyl halides is 2. The summed E-state index contributed by atoms with van der Waals surface area (Å²) in [6.07, 6.45) is 0.138. The summed E-state index contributed by atoms with van der Waals surface area (Å²) < 4.78 is 72.2. The first-order valence-electron chi connectivity index (χ1n) is 9.43. The third-order valence-corrected chi connectivity index (χ3v) is 5.71. The molecule has 1 N–H and O–H groups in total. The summed E-state index contributed by atoms with van der Waals surface area (Å²) in [6, 6.07) is 10.3. The monoisotopic (exact) mass is 457 g/mol. The van der Waals surface area contributed by atoms with Gasteiger partial charge in [0.15, 0.2) is 11.5 Å². The van der Waals surface area contributed by atoms with Crippen LogP contribution in [0.2, 0.25) is 0 Å². The molecule has 0 atom stereocenters. The lowest BCUT2D eigenvalue weighted by Gasteiger charge is -2.18. The lowest BCUT2D eigenvalue weighted by atomic mass is 10.2. The minimum Gasteiger partial charge on any atom is -0.486 e. The van der Waals surface area contributed by atoms with Gasteiger partial charge in [-0.15, -0.1) is 0 Å². The van der Waals surface area contributed by atoms with E-state index in [0.717, 1.165) is 0 Å². The molecule has 0 saturated heterocycles. The van der Waals surface area contributed by atoms with Gasteiger partial charge >= 0.3 is 12.6 Å². The van der Waals surface area contributed by atoms with Gasteiger partial charge < -0.3 is 18.9 Å². The van der Waals surface area contributed by atoms with Gasteiger partial charge in [-0.3, -0.25) is 4.79 Å². The summed E-state index contributed by atoms with van der Waals surface area (Å²) in [7, 11) is -3.79. The van der Waals surface area contributed by atoms with E-state index in [1.165, 1.54) is 36.4 Å². The van der Waals surface area contributed by atoms with E-state index in [4.69, 9.17) is 14.2 Å².